The molecule has 4 aliphatic rings. The molecule has 2 saturated carbocycles. The lowest BCUT2D eigenvalue weighted by Crippen LogP contribution is -2.53. The van der Waals surface area contributed by atoms with Crippen LogP contribution < -0.4 is 11.1 Å². The molecule has 3 N–H and O–H groups in total. The number of nitrogens with one attached hydrogen (secondary N) is 1. The van der Waals surface area contributed by atoms with E-state index >= 15 is 0 Å². The highest BCUT2D eigenvalue weighted by atomic mass is 16.2. The van der Waals surface area contributed by atoms with Crippen LogP contribution in [0.2, 0.25) is 0 Å². The van der Waals surface area contributed by atoms with Crippen molar-refractivity contribution in [2.24, 2.45) is 10.7 Å². The van der Waals surface area contributed by atoms with E-state index in [0.29, 0.717) is 6.04 Å². The van der Waals surface area contributed by atoms with Crippen molar-refractivity contribution in [1.82, 2.24) is 15.1 Å². The molecule has 6 nitrogen and oxygen atoms in total. The molecule has 0 aromatic heterocycles. The van der Waals surface area contributed by atoms with Crippen LogP contribution in [0.1, 0.15) is 25.7 Å². The maximum Gasteiger partial charge on any atom is 0.328 e. The molecule has 2 aliphatic heterocycles. The summed E-state index contributed by atoms with van der Waals surface area (Å²) in [7, 11) is 0. The summed E-state index contributed by atoms with van der Waals surface area (Å²) in [5.74, 6) is 0.853. The number of hydrogen-bond acceptors (Lipinski definition) is 4. The van der Waals surface area contributed by atoms with Crippen LogP contribution in [-0.4, -0.2) is 46.0 Å². The van der Waals surface area contributed by atoms with Crippen LogP contribution in [0.4, 0.5) is 4.79 Å². The normalized spacial score (nSPS) is 38.2. The van der Waals surface area contributed by atoms with Crippen LogP contribution in [0, 0.1) is 0 Å². The lowest BCUT2D eigenvalue weighted by Gasteiger charge is -2.38. The summed E-state index contributed by atoms with van der Waals surface area (Å²) < 4.78 is 0. The van der Waals surface area contributed by atoms with Gasteiger partial charge in [0.25, 0.3) is 0 Å². The quantitative estimate of drug-likeness (QED) is 0.730. The fourth-order valence-electron chi connectivity index (χ4n) is 3.03. The molecule has 1 saturated heterocycles. The monoisotopic (exact) mass is 247 g/mol. The number of aliphatic imine (C=N–C) groups is 1. The Bertz CT molecular complexity index is 449. The number of carbonyl (C=O) groups excluding carboxylic acids is 1. The first-order valence-corrected chi connectivity index (χ1v) is 6.61. The lowest BCUT2D eigenvalue weighted by atomic mass is 9.86. The summed E-state index contributed by atoms with van der Waals surface area (Å²) in [5, 5.41) is 3.25. The Balaban J connectivity index is 1.66. The van der Waals surface area contributed by atoms with E-state index < -0.39 is 0 Å². The molecule has 3 fully saturated rings. The minimum atomic E-state index is -0.0631. The van der Waals surface area contributed by atoms with Gasteiger partial charge in [-0.1, -0.05) is 0 Å². The van der Waals surface area contributed by atoms with Crippen LogP contribution in [0.5, 0.6) is 0 Å². The van der Waals surface area contributed by atoms with Gasteiger partial charge in [-0.3, -0.25) is 9.80 Å². The first kappa shape index (κ1) is 10.4. The molecule has 0 aromatic carbocycles. The van der Waals surface area contributed by atoms with E-state index in [-0.39, 0.29) is 24.3 Å². The molecule has 2 amide bonds. The maximum atomic E-state index is 12.6. The molecular formula is C12H17N5O. The SMILES string of the molecule is NC1CC(N2C(=O)N(C3CC3)C3NC=CN=C32)C1. The van der Waals surface area contributed by atoms with Crippen molar-refractivity contribution in [3.63, 3.8) is 0 Å². The third kappa shape index (κ3) is 1.32. The van der Waals surface area contributed by atoms with Gasteiger partial charge in [0.15, 0.2) is 12.0 Å². The molecule has 0 bridgehead atoms. The molecule has 18 heavy (non-hydrogen) atoms. The number of urea groups is 1. The minimum absolute atomic E-state index is 0.0631. The fourth-order valence-corrected chi connectivity index (χ4v) is 3.03. The third-order valence-electron chi connectivity index (χ3n) is 4.19. The van der Waals surface area contributed by atoms with Crippen molar-refractivity contribution in [3.8, 4) is 0 Å². The van der Waals surface area contributed by atoms with E-state index in [9.17, 15) is 4.79 Å². The molecule has 0 spiro atoms. The summed E-state index contributed by atoms with van der Waals surface area (Å²) in [6, 6.07) is 0.981. The number of carbonyl (C=O) groups is 1. The van der Waals surface area contributed by atoms with Gasteiger partial charge < -0.3 is 11.1 Å². The Morgan fingerprint density at radius 1 is 1.33 bits per heavy atom. The van der Waals surface area contributed by atoms with Gasteiger partial charge in [0.2, 0.25) is 0 Å². The Hall–Kier alpha value is -1.56. The number of amides is 2. The summed E-state index contributed by atoms with van der Waals surface area (Å²) in [6.45, 7) is 0. The van der Waals surface area contributed by atoms with Crippen molar-refractivity contribution >= 4 is 11.9 Å². The third-order valence-corrected chi connectivity index (χ3v) is 4.19. The first-order chi connectivity index (χ1) is 8.75. The van der Waals surface area contributed by atoms with Gasteiger partial charge in [-0.05, 0) is 25.7 Å². The highest BCUT2D eigenvalue weighted by Crippen LogP contribution is 2.37. The van der Waals surface area contributed by atoms with E-state index in [2.05, 4.69) is 10.3 Å². The Kier molecular flexibility index (Phi) is 2.00. The number of fused-ring (bicyclic) bond motifs is 1. The summed E-state index contributed by atoms with van der Waals surface area (Å²) in [5.41, 5.74) is 5.84. The predicted octanol–water partition coefficient (Wildman–Crippen LogP) is 0.175. The number of nitrogens with zero attached hydrogens (tertiary/aromatic N) is 3. The summed E-state index contributed by atoms with van der Waals surface area (Å²) >= 11 is 0. The van der Waals surface area contributed by atoms with Crippen molar-refractivity contribution in [3.05, 3.63) is 12.4 Å². The molecule has 96 valence electrons. The molecule has 2 aliphatic carbocycles. The van der Waals surface area contributed by atoms with Gasteiger partial charge in [-0.15, -0.1) is 0 Å². The van der Waals surface area contributed by atoms with Crippen molar-refractivity contribution < 1.29 is 4.79 Å². The second-order valence-electron chi connectivity index (χ2n) is 5.55. The zero-order valence-corrected chi connectivity index (χ0v) is 10.1. The van der Waals surface area contributed by atoms with E-state index in [1.807, 2.05) is 16.0 Å². The highest BCUT2D eigenvalue weighted by molar-refractivity contribution is 6.08. The molecule has 6 heteroatoms. The van der Waals surface area contributed by atoms with Crippen LogP contribution in [0.25, 0.3) is 0 Å². The van der Waals surface area contributed by atoms with Crippen molar-refractivity contribution in [2.75, 3.05) is 0 Å². The molecule has 2 heterocycles. The van der Waals surface area contributed by atoms with Gasteiger partial charge in [0, 0.05) is 30.5 Å². The number of rotatable bonds is 2. The Morgan fingerprint density at radius 3 is 2.78 bits per heavy atom. The largest absolute Gasteiger partial charge is 0.364 e. The molecular weight excluding hydrogens is 230 g/mol. The second-order valence-corrected chi connectivity index (χ2v) is 5.55. The maximum absolute atomic E-state index is 12.6. The average Bonchev–Trinajstić information content (AvgIpc) is 3.10. The standard InChI is InChI=1S/C12H17N5O/c13-7-5-9(6-7)17-11-10(14-3-4-15-11)16(12(17)18)8-1-2-8/h3-4,7-10,14H,1-2,5-6,13H2. The van der Waals surface area contributed by atoms with E-state index in [1.54, 1.807) is 6.20 Å². The zero-order valence-electron chi connectivity index (χ0n) is 10.1. The van der Waals surface area contributed by atoms with Crippen LogP contribution in [0.3, 0.4) is 0 Å². The molecule has 0 aromatic rings. The summed E-state index contributed by atoms with van der Waals surface area (Å²) in [4.78, 5) is 20.8. The van der Waals surface area contributed by atoms with Gasteiger partial charge in [-0.2, -0.15) is 0 Å². The average molecular weight is 247 g/mol. The van der Waals surface area contributed by atoms with E-state index in [0.717, 1.165) is 31.5 Å². The Labute approximate surface area is 106 Å². The fraction of sp³-hybridized carbons (Fsp3) is 0.667. The minimum Gasteiger partial charge on any atom is -0.364 e. The van der Waals surface area contributed by atoms with Gasteiger partial charge in [0.05, 0.1) is 0 Å². The molecule has 0 radical (unpaired) electrons. The lowest BCUT2D eigenvalue weighted by molar-refractivity contribution is 0.151. The topological polar surface area (TPSA) is 74.0 Å². The smallest absolute Gasteiger partial charge is 0.328 e. The first-order valence-electron chi connectivity index (χ1n) is 6.61. The Morgan fingerprint density at radius 2 is 2.11 bits per heavy atom. The number of nitrogens with two attached hydrogens (primary N) is 1. The molecule has 1 unspecified atom stereocenters. The zero-order chi connectivity index (χ0) is 12.3. The van der Waals surface area contributed by atoms with Gasteiger partial charge >= 0.3 is 6.03 Å². The summed E-state index contributed by atoms with van der Waals surface area (Å²) in [6.07, 6.45) is 7.47. The van der Waals surface area contributed by atoms with Gasteiger partial charge in [-0.25, -0.2) is 9.79 Å². The van der Waals surface area contributed by atoms with Crippen LogP contribution in [-0.2, 0) is 0 Å². The van der Waals surface area contributed by atoms with Crippen LogP contribution >= 0.6 is 0 Å². The molecule has 4 rings (SSSR count). The second kappa shape index (κ2) is 3.47. The van der Waals surface area contributed by atoms with Crippen molar-refractivity contribution in [1.29, 1.82) is 0 Å². The number of hydrogen-bond donors (Lipinski definition) is 2. The van der Waals surface area contributed by atoms with E-state index in [1.165, 1.54) is 0 Å². The van der Waals surface area contributed by atoms with E-state index in [4.69, 9.17) is 5.73 Å². The van der Waals surface area contributed by atoms with Gasteiger partial charge in [0.1, 0.15) is 0 Å². The van der Waals surface area contributed by atoms with Crippen molar-refractivity contribution in [2.45, 2.75) is 50.0 Å². The number of amidine groups is 1. The predicted molar refractivity (Wildman–Crippen MR) is 66.6 cm³/mol. The highest BCUT2D eigenvalue weighted by Gasteiger charge is 2.53. The molecule has 1 atom stereocenters. The van der Waals surface area contributed by atoms with Crippen LogP contribution in [0.15, 0.2) is 17.4 Å².